The molecule has 0 amide bonds. The first-order valence-electron chi connectivity index (χ1n) is 6.47. The topological polar surface area (TPSA) is 109 Å². The molecule has 0 saturated heterocycles. The zero-order valence-corrected chi connectivity index (χ0v) is 11.2. The van der Waals surface area contributed by atoms with E-state index < -0.39 is 0 Å². The van der Waals surface area contributed by atoms with Crippen LogP contribution >= 0.6 is 0 Å². The molecule has 4 heterocycles. The number of pyridine rings is 1. The van der Waals surface area contributed by atoms with Gasteiger partial charge in [0.1, 0.15) is 5.69 Å². The van der Waals surface area contributed by atoms with E-state index in [9.17, 15) is 5.21 Å². The first-order chi connectivity index (χ1) is 10.7. The highest BCUT2D eigenvalue weighted by Crippen LogP contribution is 2.22. The van der Waals surface area contributed by atoms with Gasteiger partial charge in [-0.2, -0.15) is 19.3 Å². The van der Waals surface area contributed by atoms with Crippen molar-refractivity contribution in [1.29, 1.82) is 0 Å². The number of nitrogens with zero attached hydrogens (tertiary/aromatic N) is 5. The normalized spacial score (nSPS) is 11.1. The molecule has 0 radical (unpaired) electrons. The van der Waals surface area contributed by atoms with Crippen molar-refractivity contribution in [3.63, 3.8) is 0 Å². The highest BCUT2D eigenvalue weighted by atomic mass is 16.5. The van der Waals surface area contributed by atoms with Crippen molar-refractivity contribution in [3.05, 3.63) is 54.2 Å². The molecular formula is C14H10N6O2. The number of nitrogen functional groups attached to an aromatic ring is 1. The van der Waals surface area contributed by atoms with Gasteiger partial charge in [-0.05, 0) is 18.2 Å². The van der Waals surface area contributed by atoms with Crippen LogP contribution in [0.5, 0.6) is 0 Å². The predicted octanol–water partition coefficient (Wildman–Crippen LogP) is 1.27. The van der Waals surface area contributed by atoms with Crippen molar-refractivity contribution in [2.24, 2.45) is 0 Å². The fraction of sp³-hybridized carbons (Fsp3) is 0. The molecule has 4 aromatic heterocycles. The molecule has 2 N–H and O–H groups in total. The van der Waals surface area contributed by atoms with Crippen molar-refractivity contribution in [2.75, 3.05) is 5.73 Å². The minimum atomic E-state index is 0.180. The molecule has 0 aromatic carbocycles. The maximum Gasteiger partial charge on any atom is 0.225 e. The Bertz CT molecular complexity index is 961. The summed E-state index contributed by atoms with van der Waals surface area (Å²) >= 11 is 0. The lowest BCUT2D eigenvalue weighted by Gasteiger charge is -2.03. The van der Waals surface area contributed by atoms with Crippen LogP contribution in [0.4, 0.5) is 5.95 Å². The number of rotatable bonds is 2. The molecule has 0 aliphatic carbocycles. The highest BCUT2D eigenvalue weighted by Gasteiger charge is 2.13. The van der Waals surface area contributed by atoms with E-state index in [1.807, 2.05) is 0 Å². The van der Waals surface area contributed by atoms with Gasteiger partial charge in [0, 0.05) is 12.1 Å². The summed E-state index contributed by atoms with van der Waals surface area (Å²) < 4.78 is 7.42. The van der Waals surface area contributed by atoms with E-state index in [0.29, 0.717) is 33.2 Å². The first-order valence-corrected chi connectivity index (χ1v) is 6.47. The fourth-order valence-corrected chi connectivity index (χ4v) is 2.17. The quantitative estimate of drug-likeness (QED) is 0.440. The van der Waals surface area contributed by atoms with Crippen LogP contribution in [-0.2, 0) is 0 Å². The summed E-state index contributed by atoms with van der Waals surface area (Å²) in [5.41, 5.74) is 7.64. The van der Waals surface area contributed by atoms with Gasteiger partial charge in [0.15, 0.2) is 29.6 Å². The second-order valence-corrected chi connectivity index (χ2v) is 4.63. The molecule has 22 heavy (non-hydrogen) atoms. The summed E-state index contributed by atoms with van der Waals surface area (Å²) in [6, 6.07) is 8.68. The van der Waals surface area contributed by atoms with Crippen LogP contribution in [0.1, 0.15) is 0 Å². The van der Waals surface area contributed by atoms with Crippen LogP contribution in [0, 0.1) is 5.21 Å². The molecule has 0 aliphatic rings. The van der Waals surface area contributed by atoms with Crippen LogP contribution in [-0.4, -0.2) is 19.6 Å². The largest absolute Gasteiger partial charge is 0.619 e. The molecule has 0 aliphatic heterocycles. The Hall–Kier alpha value is -3.42. The Morgan fingerprint density at radius 3 is 2.91 bits per heavy atom. The van der Waals surface area contributed by atoms with Crippen molar-refractivity contribution >= 4 is 11.6 Å². The van der Waals surface area contributed by atoms with Crippen molar-refractivity contribution in [1.82, 2.24) is 19.6 Å². The molecule has 8 nitrogen and oxygen atoms in total. The maximum absolute atomic E-state index is 11.4. The predicted molar refractivity (Wildman–Crippen MR) is 77.3 cm³/mol. The Balaban J connectivity index is 1.89. The van der Waals surface area contributed by atoms with E-state index in [0.717, 1.165) is 0 Å². The monoisotopic (exact) mass is 294 g/mol. The average molecular weight is 294 g/mol. The number of hydrogen-bond donors (Lipinski definition) is 1. The molecule has 0 bridgehead atoms. The van der Waals surface area contributed by atoms with Crippen LogP contribution in [0.15, 0.2) is 53.4 Å². The fourth-order valence-electron chi connectivity index (χ4n) is 2.17. The number of nitrogens with two attached hydrogens (primary N) is 1. The lowest BCUT2D eigenvalue weighted by atomic mass is 10.3. The zero-order valence-electron chi connectivity index (χ0n) is 11.2. The van der Waals surface area contributed by atoms with E-state index in [-0.39, 0.29) is 5.95 Å². The van der Waals surface area contributed by atoms with E-state index in [1.165, 1.54) is 16.9 Å². The molecule has 108 valence electrons. The summed E-state index contributed by atoms with van der Waals surface area (Å²) in [7, 11) is 0. The van der Waals surface area contributed by atoms with E-state index in [1.54, 1.807) is 36.6 Å². The molecule has 0 unspecified atom stereocenters. The molecule has 0 atom stereocenters. The van der Waals surface area contributed by atoms with Gasteiger partial charge < -0.3 is 15.4 Å². The number of furan rings is 1. The molecule has 4 rings (SSSR count). The molecule has 4 aromatic rings. The van der Waals surface area contributed by atoms with Crippen molar-refractivity contribution in [2.45, 2.75) is 0 Å². The second kappa shape index (κ2) is 4.55. The lowest BCUT2D eigenvalue weighted by molar-refractivity contribution is -0.604. The van der Waals surface area contributed by atoms with E-state index in [4.69, 9.17) is 10.2 Å². The first kappa shape index (κ1) is 12.3. The van der Waals surface area contributed by atoms with Gasteiger partial charge in [-0.3, -0.25) is 0 Å². The third-order valence-electron chi connectivity index (χ3n) is 3.16. The summed E-state index contributed by atoms with van der Waals surface area (Å²) in [5.74, 6) is 1.16. The molecule has 8 heteroatoms. The molecule has 0 saturated carbocycles. The standard InChI is InChI=1S/C14H10N6O2/c15-14-17-13(9-3-1-5-19(21)8-9)16-12-7-10(18-20(12)14)11-4-2-6-22-11/h1-8H,(H2,15,16,17). The van der Waals surface area contributed by atoms with Crippen LogP contribution in [0.25, 0.3) is 28.5 Å². The zero-order chi connectivity index (χ0) is 15.1. The Morgan fingerprint density at radius 2 is 2.14 bits per heavy atom. The van der Waals surface area contributed by atoms with Crippen molar-refractivity contribution < 1.29 is 9.15 Å². The van der Waals surface area contributed by atoms with Crippen LogP contribution < -0.4 is 10.5 Å². The third-order valence-corrected chi connectivity index (χ3v) is 3.16. The van der Waals surface area contributed by atoms with Crippen molar-refractivity contribution in [3.8, 4) is 22.8 Å². The molecular weight excluding hydrogens is 284 g/mol. The number of anilines is 1. The van der Waals surface area contributed by atoms with Crippen LogP contribution in [0.2, 0.25) is 0 Å². The summed E-state index contributed by atoms with van der Waals surface area (Å²) in [4.78, 5) is 8.59. The second-order valence-electron chi connectivity index (χ2n) is 4.63. The van der Waals surface area contributed by atoms with E-state index in [2.05, 4.69) is 15.1 Å². The number of hydrogen-bond acceptors (Lipinski definition) is 6. The average Bonchev–Trinajstić information content (AvgIpc) is 3.16. The summed E-state index contributed by atoms with van der Waals surface area (Å²) in [5, 5.41) is 15.7. The minimum absolute atomic E-state index is 0.180. The van der Waals surface area contributed by atoms with Gasteiger partial charge in [0.25, 0.3) is 0 Å². The summed E-state index contributed by atoms with van der Waals surface area (Å²) in [6.45, 7) is 0. The number of aromatic nitrogens is 5. The van der Waals surface area contributed by atoms with E-state index >= 15 is 0 Å². The molecule has 0 fully saturated rings. The molecule has 0 spiro atoms. The van der Waals surface area contributed by atoms with Gasteiger partial charge in [-0.15, -0.1) is 0 Å². The summed E-state index contributed by atoms with van der Waals surface area (Å²) in [6.07, 6.45) is 4.34. The van der Waals surface area contributed by atoms with Gasteiger partial charge in [-0.1, -0.05) is 0 Å². The highest BCUT2D eigenvalue weighted by molar-refractivity contribution is 5.63. The third kappa shape index (κ3) is 1.94. The lowest BCUT2D eigenvalue weighted by Crippen LogP contribution is -2.24. The number of fused-ring (bicyclic) bond motifs is 1. The maximum atomic E-state index is 11.4. The van der Waals surface area contributed by atoms with Gasteiger partial charge in [0.2, 0.25) is 5.95 Å². The minimum Gasteiger partial charge on any atom is -0.619 e. The Labute approximate surface area is 124 Å². The Morgan fingerprint density at radius 1 is 1.23 bits per heavy atom. The van der Waals surface area contributed by atoms with Gasteiger partial charge in [-0.25, -0.2) is 4.98 Å². The SMILES string of the molecule is Nc1nc(-c2ccc[n+]([O-])c2)nc2cc(-c3ccco3)nn12. The van der Waals surface area contributed by atoms with Gasteiger partial charge in [0.05, 0.1) is 11.8 Å². The van der Waals surface area contributed by atoms with Crippen LogP contribution in [0.3, 0.4) is 0 Å². The Kier molecular flexibility index (Phi) is 2.55. The van der Waals surface area contributed by atoms with Gasteiger partial charge >= 0.3 is 0 Å². The smallest absolute Gasteiger partial charge is 0.225 e.